The van der Waals surface area contributed by atoms with Gasteiger partial charge in [0.25, 0.3) is 15.9 Å². The maximum absolute atomic E-state index is 12.3. The summed E-state index contributed by atoms with van der Waals surface area (Å²) in [5.41, 5.74) is 0.678. The van der Waals surface area contributed by atoms with Crippen LogP contribution in [-0.4, -0.2) is 49.9 Å². The number of hydrogen-bond donors (Lipinski definition) is 1. The number of nitrogens with one attached hydrogen (secondary N) is 1. The first-order valence-corrected chi connectivity index (χ1v) is 11.8. The van der Waals surface area contributed by atoms with Crippen LogP contribution in [0, 0.1) is 0 Å². The third-order valence-electron chi connectivity index (χ3n) is 4.60. The highest BCUT2D eigenvalue weighted by Gasteiger charge is 2.25. The van der Waals surface area contributed by atoms with E-state index < -0.39 is 28.5 Å². The highest BCUT2D eigenvalue weighted by atomic mass is 35.5. The minimum Gasteiger partial charge on any atom is -0.456 e. The quantitative estimate of drug-likeness (QED) is 0.622. The monoisotopic (exact) mass is 487 g/mol. The molecule has 1 N–H and O–H groups in total. The Morgan fingerprint density at radius 2 is 1.85 bits per heavy atom. The predicted octanol–water partition coefficient (Wildman–Crippen LogP) is 3.11. The molecule has 11 heteroatoms. The number of rotatable bonds is 6. The minimum atomic E-state index is -3.48. The molecule has 2 heterocycles. The fourth-order valence-electron chi connectivity index (χ4n) is 2.99. The van der Waals surface area contributed by atoms with E-state index in [1.165, 1.54) is 18.4 Å². The second-order valence-electron chi connectivity index (χ2n) is 7.03. The second kappa shape index (κ2) is 9.47. The lowest BCUT2D eigenvalue weighted by Crippen LogP contribution is -2.37. The summed E-state index contributed by atoms with van der Waals surface area (Å²) in [6, 6.07) is 13.7. The van der Waals surface area contributed by atoms with E-state index in [9.17, 15) is 18.0 Å². The molecule has 33 heavy (non-hydrogen) atoms. The predicted molar refractivity (Wildman–Crippen MR) is 123 cm³/mol. The van der Waals surface area contributed by atoms with Gasteiger partial charge in [-0.05, 0) is 48.6 Å². The molecule has 0 fully saturated rings. The van der Waals surface area contributed by atoms with Crippen molar-refractivity contribution in [3.05, 3.63) is 77.5 Å². The fourth-order valence-corrected chi connectivity index (χ4v) is 4.14. The number of amides is 1. The summed E-state index contributed by atoms with van der Waals surface area (Å²) in [5, 5.41) is 3.11. The number of hydrogen-bond acceptors (Lipinski definition) is 7. The zero-order valence-corrected chi connectivity index (χ0v) is 18.7. The van der Waals surface area contributed by atoms with Crippen LogP contribution >= 0.6 is 11.6 Å². The van der Waals surface area contributed by atoms with E-state index in [0.29, 0.717) is 22.2 Å². The van der Waals surface area contributed by atoms with Gasteiger partial charge < -0.3 is 19.7 Å². The van der Waals surface area contributed by atoms with Crippen LogP contribution in [0.2, 0.25) is 5.02 Å². The Morgan fingerprint density at radius 1 is 1.09 bits per heavy atom. The average Bonchev–Trinajstić information content (AvgIpc) is 2.79. The zero-order chi connectivity index (χ0) is 23.4. The molecule has 2 aromatic carbocycles. The van der Waals surface area contributed by atoms with Crippen molar-refractivity contribution >= 4 is 45.0 Å². The van der Waals surface area contributed by atoms with Gasteiger partial charge in [-0.15, -0.1) is 4.40 Å². The van der Waals surface area contributed by atoms with Gasteiger partial charge in [0.15, 0.2) is 6.61 Å². The lowest BCUT2D eigenvalue weighted by atomic mass is 10.2. The standard InChI is InChI=1S/C22H18ClN3O6S/c23-18-3-1-2-4-19(18)32-17-8-6-16(7-9-17)24-21(27)14-31-22(28)15-5-10-20-25-33(29,30)12-11-26(20)13-15/h1-10,13H,11-12,14H2,(H,24,27). The van der Waals surface area contributed by atoms with Crippen LogP contribution in [0.15, 0.2) is 76.9 Å². The molecule has 0 atom stereocenters. The molecule has 9 nitrogen and oxygen atoms in total. The Hall–Kier alpha value is -3.63. The van der Waals surface area contributed by atoms with E-state index in [4.69, 9.17) is 21.1 Å². The Bertz CT molecular complexity index is 1290. The third-order valence-corrected chi connectivity index (χ3v) is 6.07. The van der Waals surface area contributed by atoms with Gasteiger partial charge >= 0.3 is 5.97 Å². The topological polar surface area (TPSA) is 114 Å². The molecule has 2 aliphatic heterocycles. The van der Waals surface area contributed by atoms with Crippen LogP contribution < -0.4 is 10.1 Å². The van der Waals surface area contributed by atoms with Gasteiger partial charge in [0.2, 0.25) is 0 Å². The summed E-state index contributed by atoms with van der Waals surface area (Å²) in [6.45, 7) is -0.309. The third kappa shape index (κ3) is 5.79. The highest BCUT2D eigenvalue weighted by Crippen LogP contribution is 2.29. The van der Waals surface area contributed by atoms with E-state index in [1.54, 1.807) is 53.4 Å². The molecule has 4 rings (SSSR count). The number of nitrogens with zero attached hydrogens (tertiary/aromatic N) is 2. The number of sulfonamides is 1. The average molecular weight is 488 g/mol. The summed E-state index contributed by atoms with van der Waals surface area (Å²) in [7, 11) is -3.48. The molecule has 0 unspecified atom stereocenters. The van der Waals surface area contributed by atoms with Crippen molar-refractivity contribution in [1.29, 1.82) is 0 Å². The number of amidine groups is 1. The first-order chi connectivity index (χ1) is 15.8. The molecule has 0 saturated heterocycles. The first-order valence-electron chi connectivity index (χ1n) is 9.78. The summed E-state index contributed by atoms with van der Waals surface area (Å²) in [5.74, 6) is -0.0893. The number of benzene rings is 2. The van der Waals surface area contributed by atoms with Gasteiger partial charge in [0.05, 0.1) is 16.3 Å². The van der Waals surface area contributed by atoms with Crippen LogP contribution in [0.1, 0.15) is 0 Å². The lowest BCUT2D eigenvalue weighted by Gasteiger charge is -2.26. The summed E-state index contributed by atoms with van der Waals surface area (Å²) in [4.78, 5) is 26.0. The van der Waals surface area contributed by atoms with Gasteiger partial charge in [0.1, 0.15) is 17.3 Å². The largest absolute Gasteiger partial charge is 0.456 e. The van der Waals surface area contributed by atoms with Crippen molar-refractivity contribution in [2.45, 2.75) is 0 Å². The van der Waals surface area contributed by atoms with Gasteiger partial charge in [-0.25, -0.2) is 13.2 Å². The molecule has 0 saturated carbocycles. The second-order valence-corrected chi connectivity index (χ2v) is 9.19. The van der Waals surface area contributed by atoms with Crippen molar-refractivity contribution < 1.29 is 27.5 Å². The van der Waals surface area contributed by atoms with E-state index in [1.807, 2.05) is 0 Å². The Morgan fingerprint density at radius 3 is 2.61 bits per heavy atom. The fraction of sp³-hybridized carbons (Fsp3) is 0.136. The smallest absolute Gasteiger partial charge is 0.340 e. The summed E-state index contributed by atoms with van der Waals surface area (Å²) in [6.07, 6.45) is 4.26. The lowest BCUT2D eigenvalue weighted by molar-refractivity contribution is -0.143. The van der Waals surface area contributed by atoms with Crippen LogP contribution in [0.3, 0.4) is 0 Å². The van der Waals surface area contributed by atoms with Crippen molar-refractivity contribution in [2.24, 2.45) is 4.40 Å². The minimum absolute atomic E-state index is 0.145. The number of carbonyl (C=O) groups is 2. The number of carbonyl (C=O) groups excluding carboxylic acids is 2. The molecular weight excluding hydrogens is 470 g/mol. The van der Waals surface area contributed by atoms with Crippen molar-refractivity contribution in [2.75, 3.05) is 24.2 Å². The van der Waals surface area contributed by atoms with E-state index in [0.717, 1.165) is 0 Å². The maximum atomic E-state index is 12.3. The number of ether oxygens (including phenoxy) is 2. The maximum Gasteiger partial charge on any atom is 0.340 e. The Kier molecular flexibility index (Phi) is 6.47. The van der Waals surface area contributed by atoms with Crippen molar-refractivity contribution in [3.8, 4) is 11.5 Å². The molecule has 170 valence electrons. The van der Waals surface area contributed by atoms with Crippen molar-refractivity contribution in [1.82, 2.24) is 4.90 Å². The molecule has 0 aliphatic carbocycles. The molecule has 2 aliphatic rings. The molecule has 2 aromatic rings. The molecule has 0 aromatic heterocycles. The van der Waals surface area contributed by atoms with Gasteiger partial charge in [-0.1, -0.05) is 23.7 Å². The van der Waals surface area contributed by atoms with Crippen LogP contribution in [0.4, 0.5) is 5.69 Å². The van der Waals surface area contributed by atoms with E-state index in [-0.39, 0.29) is 23.7 Å². The summed E-state index contributed by atoms with van der Waals surface area (Å²) < 4.78 is 37.5. The van der Waals surface area contributed by atoms with Crippen molar-refractivity contribution in [3.63, 3.8) is 0 Å². The summed E-state index contributed by atoms with van der Waals surface area (Å²) >= 11 is 6.07. The van der Waals surface area contributed by atoms with Crippen LogP contribution in [0.25, 0.3) is 0 Å². The number of para-hydroxylation sites is 1. The number of halogens is 1. The normalized spacial score (nSPS) is 16.2. The number of esters is 1. The van der Waals surface area contributed by atoms with Gasteiger partial charge in [-0.2, -0.15) is 0 Å². The molecular formula is C22H18ClN3O6S. The highest BCUT2D eigenvalue weighted by molar-refractivity contribution is 7.90. The van der Waals surface area contributed by atoms with Crippen LogP contribution in [0.5, 0.6) is 11.5 Å². The van der Waals surface area contributed by atoms with E-state index >= 15 is 0 Å². The Labute approximate surface area is 195 Å². The molecule has 0 bridgehead atoms. The number of anilines is 1. The Balaban J connectivity index is 1.28. The SMILES string of the molecule is O=C(COC(=O)C1=CN2CCS(=O)(=O)N=C2C=C1)Nc1ccc(Oc2ccccc2Cl)cc1. The van der Waals surface area contributed by atoms with E-state index in [2.05, 4.69) is 9.71 Å². The van der Waals surface area contributed by atoms with Crippen LogP contribution in [-0.2, 0) is 24.3 Å². The number of fused-ring (bicyclic) bond motifs is 1. The molecule has 0 radical (unpaired) electrons. The first kappa shape index (κ1) is 22.6. The van der Waals surface area contributed by atoms with Gasteiger partial charge in [-0.3, -0.25) is 4.79 Å². The molecule has 0 spiro atoms. The molecule has 1 amide bonds. The zero-order valence-electron chi connectivity index (χ0n) is 17.1. The van der Waals surface area contributed by atoms with Gasteiger partial charge in [0, 0.05) is 18.4 Å².